The Kier molecular flexibility index (Phi) is 9.98. The van der Waals surface area contributed by atoms with Gasteiger partial charge >= 0.3 is 0 Å². The fraction of sp³-hybridized carbons (Fsp3) is 0.474. The lowest BCUT2D eigenvalue weighted by atomic mass is 10.2. The number of nitrogens with zero attached hydrogens (tertiary/aromatic N) is 4. The Balaban J connectivity index is 0.00000364. The second kappa shape index (κ2) is 11.7. The molecule has 0 aliphatic carbocycles. The van der Waals surface area contributed by atoms with Gasteiger partial charge in [0.2, 0.25) is 0 Å². The molecular weight excluding hydrogens is 457 g/mol. The molecule has 0 spiro atoms. The standard InChI is InChI=1S/C19H29N5O2.HI/c1-6-20-19(21-10-9-15-12-22-24(3)13-15)23(2)14-16-7-8-17(25-4)11-18(16)26-5;/h7-8,11-13H,6,9-10,14H2,1-5H3,(H,20,21);1H. The van der Waals surface area contributed by atoms with E-state index in [1.165, 1.54) is 5.56 Å². The van der Waals surface area contributed by atoms with Crippen LogP contribution in [0.2, 0.25) is 0 Å². The molecule has 1 aromatic carbocycles. The molecule has 2 aromatic rings. The van der Waals surface area contributed by atoms with Crippen LogP contribution in [0.3, 0.4) is 0 Å². The Morgan fingerprint density at radius 3 is 2.67 bits per heavy atom. The highest BCUT2D eigenvalue weighted by Crippen LogP contribution is 2.25. The van der Waals surface area contributed by atoms with Crippen LogP contribution in [0.4, 0.5) is 0 Å². The van der Waals surface area contributed by atoms with Crippen LogP contribution in [0, 0.1) is 0 Å². The van der Waals surface area contributed by atoms with Crippen LogP contribution >= 0.6 is 24.0 Å². The summed E-state index contributed by atoms with van der Waals surface area (Å²) in [7, 11) is 7.27. The molecule has 2 rings (SSSR count). The molecule has 0 unspecified atom stereocenters. The molecule has 27 heavy (non-hydrogen) atoms. The van der Waals surface area contributed by atoms with Crippen molar-refractivity contribution in [2.24, 2.45) is 12.0 Å². The van der Waals surface area contributed by atoms with Crippen molar-refractivity contribution in [2.75, 3.05) is 34.4 Å². The first-order chi connectivity index (χ1) is 12.6. The van der Waals surface area contributed by atoms with Gasteiger partial charge in [0.05, 0.1) is 20.4 Å². The number of hydrogen-bond acceptors (Lipinski definition) is 4. The number of rotatable bonds is 8. The summed E-state index contributed by atoms with van der Waals surface area (Å²) >= 11 is 0. The van der Waals surface area contributed by atoms with E-state index in [9.17, 15) is 0 Å². The number of aryl methyl sites for hydroxylation is 1. The highest BCUT2D eigenvalue weighted by molar-refractivity contribution is 14.0. The molecule has 0 fully saturated rings. The molecule has 0 radical (unpaired) electrons. The summed E-state index contributed by atoms with van der Waals surface area (Å²) < 4.78 is 12.6. The van der Waals surface area contributed by atoms with Crippen molar-refractivity contribution in [1.29, 1.82) is 0 Å². The second-order valence-corrected chi connectivity index (χ2v) is 6.04. The van der Waals surface area contributed by atoms with E-state index in [-0.39, 0.29) is 24.0 Å². The Morgan fingerprint density at radius 2 is 2.07 bits per heavy atom. The van der Waals surface area contributed by atoms with Crippen molar-refractivity contribution in [1.82, 2.24) is 20.0 Å². The van der Waals surface area contributed by atoms with E-state index in [2.05, 4.69) is 22.2 Å². The van der Waals surface area contributed by atoms with Crippen molar-refractivity contribution in [2.45, 2.75) is 19.9 Å². The van der Waals surface area contributed by atoms with Crippen LogP contribution in [0.1, 0.15) is 18.1 Å². The zero-order chi connectivity index (χ0) is 18.9. The topological polar surface area (TPSA) is 63.9 Å². The van der Waals surface area contributed by atoms with Crippen molar-refractivity contribution in [3.8, 4) is 11.5 Å². The first-order valence-corrected chi connectivity index (χ1v) is 8.75. The molecule has 7 nitrogen and oxygen atoms in total. The Bertz CT molecular complexity index is 733. The van der Waals surface area contributed by atoms with Gasteiger partial charge in [0.1, 0.15) is 11.5 Å². The van der Waals surface area contributed by atoms with Gasteiger partial charge in [-0.15, -0.1) is 24.0 Å². The molecule has 1 N–H and O–H groups in total. The highest BCUT2D eigenvalue weighted by atomic mass is 127. The van der Waals surface area contributed by atoms with E-state index < -0.39 is 0 Å². The summed E-state index contributed by atoms with van der Waals surface area (Å²) in [6.45, 7) is 4.28. The predicted molar refractivity (Wildman–Crippen MR) is 119 cm³/mol. The number of ether oxygens (including phenoxy) is 2. The van der Waals surface area contributed by atoms with Gasteiger partial charge in [0.25, 0.3) is 0 Å². The minimum Gasteiger partial charge on any atom is -0.497 e. The van der Waals surface area contributed by atoms with Gasteiger partial charge in [-0.2, -0.15) is 5.10 Å². The molecule has 8 heteroatoms. The molecule has 0 bridgehead atoms. The van der Waals surface area contributed by atoms with Crippen molar-refractivity contribution < 1.29 is 9.47 Å². The second-order valence-electron chi connectivity index (χ2n) is 6.04. The van der Waals surface area contributed by atoms with Gasteiger partial charge in [-0.25, -0.2) is 0 Å². The van der Waals surface area contributed by atoms with Crippen molar-refractivity contribution in [3.05, 3.63) is 41.7 Å². The van der Waals surface area contributed by atoms with Gasteiger partial charge < -0.3 is 19.7 Å². The van der Waals surface area contributed by atoms with Crippen LogP contribution in [-0.2, 0) is 20.0 Å². The lowest BCUT2D eigenvalue weighted by Gasteiger charge is -2.23. The summed E-state index contributed by atoms with van der Waals surface area (Å²) in [5, 5.41) is 7.54. The number of hydrogen-bond donors (Lipinski definition) is 1. The van der Waals surface area contributed by atoms with E-state index in [4.69, 9.17) is 14.5 Å². The third-order valence-corrected chi connectivity index (χ3v) is 4.02. The van der Waals surface area contributed by atoms with E-state index in [1.54, 1.807) is 14.2 Å². The summed E-state index contributed by atoms with van der Waals surface area (Å²) in [5.74, 6) is 2.46. The molecule has 1 aromatic heterocycles. The zero-order valence-corrected chi connectivity index (χ0v) is 19.1. The molecule has 0 saturated heterocycles. The lowest BCUT2D eigenvalue weighted by molar-refractivity contribution is 0.382. The number of halogens is 1. The number of benzene rings is 1. The van der Waals surface area contributed by atoms with Crippen molar-refractivity contribution >= 4 is 29.9 Å². The molecule has 0 saturated carbocycles. The first-order valence-electron chi connectivity index (χ1n) is 8.75. The average molecular weight is 487 g/mol. The van der Waals surface area contributed by atoms with Crippen molar-refractivity contribution in [3.63, 3.8) is 0 Å². The molecule has 0 aliphatic rings. The monoisotopic (exact) mass is 487 g/mol. The first kappa shape index (κ1) is 23.1. The number of nitrogens with one attached hydrogen (secondary N) is 1. The zero-order valence-electron chi connectivity index (χ0n) is 16.7. The Morgan fingerprint density at radius 1 is 1.30 bits per heavy atom. The summed E-state index contributed by atoms with van der Waals surface area (Å²) in [6, 6.07) is 5.86. The van der Waals surface area contributed by atoms with E-state index in [0.717, 1.165) is 36.0 Å². The maximum Gasteiger partial charge on any atom is 0.193 e. The van der Waals surface area contributed by atoms with Crippen LogP contribution < -0.4 is 14.8 Å². The van der Waals surface area contributed by atoms with Crippen LogP contribution in [0.15, 0.2) is 35.6 Å². The molecule has 0 amide bonds. The lowest BCUT2D eigenvalue weighted by Crippen LogP contribution is -2.38. The SMILES string of the molecule is CCNC(=NCCc1cnn(C)c1)N(C)Cc1ccc(OC)cc1OC.I. The van der Waals surface area contributed by atoms with Gasteiger partial charge in [0.15, 0.2) is 5.96 Å². The number of aliphatic imine (C=N–C) groups is 1. The molecule has 1 heterocycles. The fourth-order valence-electron chi connectivity index (χ4n) is 2.67. The van der Waals surface area contributed by atoms with Crippen LogP contribution in [0.25, 0.3) is 0 Å². The Labute approximate surface area is 178 Å². The Hall–Kier alpha value is -1.97. The molecular formula is C19H30IN5O2. The van der Waals surface area contributed by atoms with Crippen LogP contribution in [-0.4, -0.2) is 55.0 Å². The van der Waals surface area contributed by atoms with E-state index in [1.807, 2.05) is 49.4 Å². The minimum absolute atomic E-state index is 0. The van der Waals surface area contributed by atoms with Gasteiger partial charge in [-0.1, -0.05) is 0 Å². The van der Waals surface area contributed by atoms with Crippen LogP contribution in [0.5, 0.6) is 11.5 Å². The number of aromatic nitrogens is 2. The third-order valence-electron chi connectivity index (χ3n) is 4.02. The predicted octanol–water partition coefficient (Wildman–Crippen LogP) is 2.70. The van der Waals surface area contributed by atoms with E-state index >= 15 is 0 Å². The molecule has 150 valence electrons. The fourth-order valence-corrected chi connectivity index (χ4v) is 2.67. The number of guanidine groups is 1. The summed E-state index contributed by atoms with van der Waals surface area (Å²) in [5.41, 5.74) is 2.26. The third kappa shape index (κ3) is 6.93. The van der Waals surface area contributed by atoms with Gasteiger partial charge in [0, 0.05) is 51.6 Å². The maximum absolute atomic E-state index is 5.49. The summed E-state index contributed by atoms with van der Waals surface area (Å²) in [6.07, 6.45) is 4.77. The normalized spacial score (nSPS) is 10.9. The average Bonchev–Trinajstić information content (AvgIpc) is 3.06. The van der Waals surface area contributed by atoms with E-state index in [0.29, 0.717) is 13.1 Å². The smallest absolute Gasteiger partial charge is 0.193 e. The largest absolute Gasteiger partial charge is 0.497 e. The minimum atomic E-state index is 0. The maximum atomic E-state index is 5.49. The van der Waals surface area contributed by atoms with Gasteiger partial charge in [-0.3, -0.25) is 9.67 Å². The quantitative estimate of drug-likeness (QED) is 0.353. The molecule has 0 aliphatic heterocycles. The number of methoxy groups -OCH3 is 2. The summed E-state index contributed by atoms with van der Waals surface area (Å²) in [4.78, 5) is 6.83. The molecule has 0 atom stereocenters. The highest BCUT2D eigenvalue weighted by Gasteiger charge is 2.11. The van der Waals surface area contributed by atoms with Gasteiger partial charge in [-0.05, 0) is 31.0 Å².